The molecule has 1 aromatic rings. The van der Waals surface area contributed by atoms with Crippen LogP contribution in [0.1, 0.15) is 23.7 Å². The minimum absolute atomic E-state index is 0.0991. The molecule has 0 saturated carbocycles. The summed E-state index contributed by atoms with van der Waals surface area (Å²) in [6.07, 6.45) is 0.925. The van der Waals surface area contributed by atoms with E-state index in [0.717, 1.165) is 37.4 Å². The maximum absolute atomic E-state index is 11.2. The van der Waals surface area contributed by atoms with Gasteiger partial charge in [0.05, 0.1) is 19.3 Å². The zero-order valence-electron chi connectivity index (χ0n) is 10.8. The number of hydrogen-bond acceptors (Lipinski definition) is 4. The molecule has 2 rings (SSSR count). The van der Waals surface area contributed by atoms with Crippen molar-refractivity contribution in [3.8, 4) is 0 Å². The standard InChI is InChI=1S/C14H20N2O2/c1-11(17)12-2-4-13(5-3-12)16-8-9-18-10-14(16)6-7-15/h2-5,14H,6-10,15H2,1H3. The van der Waals surface area contributed by atoms with E-state index in [9.17, 15) is 4.79 Å². The molecular formula is C14H20N2O2. The molecule has 0 radical (unpaired) electrons. The Hall–Kier alpha value is -1.39. The molecule has 1 saturated heterocycles. The Morgan fingerprint density at radius 1 is 1.44 bits per heavy atom. The molecule has 18 heavy (non-hydrogen) atoms. The Morgan fingerprint density at radius 2 is 2.17 bits per heavy atom. The lowest BCUT2D eigenvalue weighted by Crippen LogP contribution is -2.46. The molecule has 0 aliphatic carbocycles. The van der Waals surface area contributed by atoms with Gasteiger partial charge in [0.1, 0.15) is 0 Å². The number of nitrogens with zero attached hydrogens (tertiary/aromatic N) is 1. The number of ketones is 1. The van der Waals surface area contributed by atoms with Crippen molar-refractivity contribution in [1.82, 2.24) is 0 Å². The van der Waals surface area contributed by atoms with E-state index in [-0.39, 0.29) is 5.78 Å². The van der Waals surface area contributed by atoms with Crippen LogP contribution in [-0.4, -0.2) is 38.1 Å². The summed E-state index contributed by atoms with van der Waals surface area (Å²) in [4.78, 5) is 13.6. The van der Waals surface area contributed by atoms with E-state index in [1.54, 1.807) is 6.92 Å². The summed E-state index contributed by atoms with van der Waals surface area (Å²) < 4.78 is 5.50. The van der Waals surface area contributed by atoms with Crippen LogP contribution in [0.4, 0.5) is 5.69 Å². The minimum atomic E-state index is 0.0991. The van der Waals surface area contributed by atoms with Crippen molar-refractivity contribution in [2.24, 2.45) is 5.73 Å². The number of Topliss-reactive ketones (excluding diaryl/α,β-unsaturated/α-hetero) is 1. The summed E-state index contributed by atoms with van der Waals surface area (Å²) in [5.41, 5.74) is 7.53. The van der Waals surface area contributed by atoms with E-state index in [0.29, 0.717) is 12.6 Å². The number of carbonyl (C=O) groups excluding carboxylic acids is 1. The highest BCUT2D eigenvalue weighted by molar-refractivity contribution is 5.94. The van der Waals surface area contributed by atoms with Gasteiger partial charge in [-0.15, -0.1) is 0 Å². The van der Waals surface area contributed by atoms with Gasteiger partial charge < -0.3 is 15.4 Å². The lowest BCUT2D eigenvalue weighted by molar-refractivity contribution is 0.0922. The van der Waals surface area contributed by atoms with E-state index in [1.807, 2.05) is 24.3 Å². The van der Waals surface area contributed by atoms with Gasteiger partial charge in [-0.05, 0) is 44.2 Å². The molecule has 4 heteroatoms. The maximum Gasteiger partial charge on any atom is 0.159 e. The van der Waals surface area contributed by atoms with Crippen molar-refractivity contribution >= 4 is 11.5 Å². The Labute approximate surface area is 108 Å². The largest absolute Gasteiger partial charge is 0.377 e. The molecule has 0 bridgehead atoms. The van der Waals surface area contributed by atoms with Gasteiger partial charge in [0.15, 0.2) is 5.78 Å². The van der Waals surface area contributed by atoms with Crippen LogP contribution in [-0.2, 0) is 4.74 Å². The molecule has 1 unspecified atom stereocenters. The average molecular weight is 248 g/mol. The molecule has 0 amide bonds. The molecule has 0 aromatic heterocycles. The summed E-state index contributed by atoms with van der Waals surface area (Å²) in [6, 6.07) is 8.11. The van der Waals surface area contributed by atoms with Gasteiger partial charge in [0, 0.05) is 17.8 Å². The highest BCUT2D eigenvalue weighted by atomic mass is 16.5. The molecular weight excluding hydrogens is 228 g/mol. The fourth-order valence-electron chi connectivity index (χ4n) is 2.31. The van der Waals surface area contributed by atoms with Gasteiger partial charge in [0.25, 0.3) is 0 Å². The second-order valence-electron chi connectivity index (χ2n) is 4.60. The summed E-state index contributed by atoms with van der Waals surface area (Å²) >= 11 is 0. The van der Waals surface area contributed by atoms with E-state index in [4.69, 9.17) is 10.5 Å². The summed E-state index contributed by atoms with van der Waals surface area (Å²) in [7, 11) is 0. The van der Waals surface area contributed by atoms with Gasteiger partial charge in [0.2, 0.25) is 0 Å². The van der Waals surface area contributed by atoms with E-state index < -0.39 is 0 Å². The van der Waals surface area contributed by atoms with Crippen LogP contribution in [0.25, 0.3) is 0 Å². The summed E-state index contributed by atoms with van der Waals surface area (Å²) in [6.45, 7) is 4.60. The highest BCUT2D eigenvalue weighted by Crippen LogP contribution is 2.21. The first-order chi connectivity index (χ1) is 8.72. The summed E-state index contributed by atoms with van der Waals surface area (Å²) in [5.74, 6) is 0.0991. The van der Waals surface area contributed by atoms with Gasteiger partial charge in [-0.25, -0.2) is 0 Å². The molecule has 1 atom stereocenters. The Balaban J connectivity index is 2.15. The predicted molar refractivity (Wildman–Crippen MR) is 72.1 cm³/mol. The zero-order chi connectivity index (χ0) is 13.0. The molecule has 1 aromatic carbocycles. The molecule has 1 aliphatic rings. The Morgan fingerprint density at radius 3 is 2.78 bits per heavy atom. The normalized spacial score (nSPS) is 19.9. The number of carbonyl (C=O) groups is 1. The fourth-order valence-corrected chi connectivity index (χ4v) is 2.31. The molecule has 0 spiro atoms. The van der Waals surface area contributed by atoms with E-state index in [1.165, 1.54) is 0 Å². The van der Waals surface area contributed by atoms with Gasteiger partial charge in [-0.3, -0.25) is 4.79 Å². The zero-order valence-corrected chi connectivity index (χ0v) is 10.8. The second kappa shape index (κ2) is 5.98. The third kappa shape index (κ3) is 2.89. The molecule has 4 nitrogen and oxygen atoms in total. The molecule has 1 heterocycles. The third-order valence-electron chi connectivity index (χ3n) is 3.33. The number of hydrogen-bond donors (Lipinski definition) is 1. The van der Waals surface area contributed by atoms with Crippen LogP contribution >= 0.6 is 0 Å². The van der Waals surface area contributed by atoms with E-state index >= 15 is 0 Å². The van der Waals surface area contributed by atoms with Crippen LogP contribution in [0.2, 0.25) is 0 Å². The monoisotopic (exact) mass is 248 g/mol. The average Bonchev–Trinajstić information content (AvgIpc) is 2.40. The minimum Gasteiger partial charge on any atom is -0.377 e. The van der Waals surface area contributed by atoms with Crippen molar-refractivity contribution in [1.29, 1.82) is 0 Å². The number of benzene rings is 1. The lowest BCUT2D eigenvalue weighted by Gasteiger charge is -2.37. The first kappa shape index (κ1) is 13.1. The fraction of sp³-hybridized carbons (Fsp3) is 0.500. The van der Waals surface area contributed by atoms with Crippen LogP contribution < -0.4 is 10.6 Å². The number of morpholine rings is 1. The Kier molecular flexibility index (Phi) is 4.33. The van der Waals surface area contributed by atoms with Gasteiger partial charge >= 0.3 is 0 Å². The van der Waals surface area contributed by atoms with Crippen LogP contribution in [0, 0.1) is 0 Å². The van der Waals surface area contributed by atoms with Crippen molar-refractivity contribution in [3.63, 3.8) is 0 Å². The summed E-state index contributed by atoms with van der Waals surface area (Å²) in [5, 5.41) is 0. The maximum atomic E-state index is 11.2. The molecule has 2 N–H and O–H groups in total. The number of anilines is 1. The highest BCUT2D eigenvalue weighted by Gasteiger charge is 2.22. The first-order valence-electron chi connectivity index (χ1n) is 6.38. The van der Waals surface area contributed by atoms with Gasteiger partial charge in [-0.2, -0.15) is 0 Å². The molecule has 98 valence electrons. The quantitative estimate of drug-likeness (QED) is 0.819. The predicted octanol–water partition coefficient (Wildman–Crippen LogP) is 1.44. The van der Waals surface area contributed by atoms with Crippen molar-refractivity contribution in [3.05, 3.63) is 29.8 Å². The smallest absolute Gasteiger partial charge is 0.159 e. The van der Waals surface area contributed by atoms with Crippen LogP contribution in [0.15, 0.2) is 24.3 Å². The topological polar surface area (TPSA) is 55.6 Å². The van der Waals surface area contributed by atoms with Crippen molar-refractivity contribution in [2.75, 3.05) is 31.2 Å². The lowest BCUT2D eigenvalue weighted by atomic mass is 10.1. The first-order valence-corrected chi connectivity index (χ1v) is 6.38. The van der Waals surface area contributed by atoms with Crippen LogP contribution in [0.3, 0.4) is 0 Å². The number of nitrogens with two attached hydrogens (primary N) is 1. The SMILES string of the molecule is CC(=O)c1ccc(N2CCOCC2CCN)cc1. The molecule has 1 aliphatic heterocycles. The Bertz CT molecular complexity index is 401. The second-order valence-corrected chi connectivity index (χ2v) is 4.60. The molecule has 1 fully saturated rings. The van der Waals surface area contributed by atoms with Crippen molar-refractivity contribution < 1.29 is 9.53 Å². The van der Waals surface area contributed by atoms with Crippen molar-refractivity contribution in [2.45, 2.75) is 19.4 Å². The van der Waals surface area contributed by atoms with Gasteiger partial charge in [-0.1, -0.05) is 0 Å². The van der Waals surface area contributed by atoms with Crippen LogP contribution in [0.5, 0.6) is 0 Å². The number of rotatable bonds is 4. The van der Waals surface area contributed by atoms with E-state index in [2.05, 4.69) is 4.90 Å². The third-order valence-corrected chi connectivity index (χ3v) is 3.33. The number of ether oxygens (including phenoxy) is 1.